The topological polar surface area (TPSA) is 141 Å². The number of ether oxygens (including phenoxy) is 2. The number of carbonyl (C=O) groups is 3. The van der Waals surface area contributed by atoms with Crippen molar-refractivity contribution < 1.29 is 23.9 Å². The summed E-state index contributed by atoms with van der Waals surface area (Å²) >= 11 is 3.39. The molecule has 2 amide bonds. The third-order valence-electron chi connectivity index (χ3n) is 11.0. The van der Waals surface area contributed by atoms with Gasteiger partial charge in [0.1, 0.15) is 28.7 Å². The highest BCUT2D eigenvalue weighted by atomic mass is 79.9. The standard InChI is InChI=1S/C39H44BrN7O5/c1-22-10-8-6-7-9-13-51-21-27-14-26(28-17-41-38(42-18-28)52-20-22)15-29-33(25(4)48)45-46(34(27)29)19-32(49)47-30(16-39(5)24(3)35(39)47)37(50)44-36-23(2)11-12-31(40)43-36/h7,9,11-12,14-15,17-18,22,24,30,35H,6,8,10,13,16,19-21H2,1-5H3,(H,43,44,50)/b9-7+/t22?,24?,30-,35?,39-/m0/s1. The Morgan fingerprint density at radius 1 is 1.10 bits per heavy atom. The fourth-order valence-electron chi connectivity index (χ4n) is 7.83. The van der Waals surface area contributed by atoms with Crippen molar-refractivity contribution in [1.29, 1.82) is 0 Å². The lowest BCUT2D eigenvalue weighted by Gasteiger charge is -2.28. The maximum Gasteiger partial charge on any atom is 0.316 e. The van der Waals surface area contributed by atoms with Crippen LogP contribution in [0.3, 0.4) is 0 Å². The number of likely N-dealkylation sites (tertiary alicyclic amines) is 1. The molecule has 5 atom stereocenters. The first-order valence-electron chi connectivity index (χ1n) is 17.9. The minimum absolute atomic E-state index is 0.0851. The molecule has 4 aliphatic rings. The summed E-state index contributed by atoms with van der Waals surface area (Å²) < 4.78 is 14.2. The molecule has 1 saturated heterocycles. The predicted molar refractivity (Wildman–Crippen MR) is 200 cm³/mol. The number of rotatable bonds is 5. The third kappa shape index (κ3) is 7.00. The van der Waals surface area contributed by atoms with Crippen LogP contribution in [0.4, 0.5) is 5.82 Å². The first-order chi connectivity index (χ1) is 24.9. The van der Waals surface area contributed by atoms with Gasteiger partial charge in [0.2, 0.25) is 11.8 Å². The summed E-state index contributed by atoms with van der Waals surface area (Å²) in [6, 6.07) is 7.11. The van der Waals surface area contributed by atoms with Gasteiger partial charge in [-0.3, -0.25) is 19.1 Å². The molecule has 0 radical (unpaired) electrons. The van der Waals surface area contributed by atoms with E-state index in [1.54, 1.807) is 22.0 Å². The molecule has 3 aliphatic heterocycles. The summed E-state index contributed by atoms with van der Waals surface area (Å²) in [5, 5.41) is 8.31. The number of allylic oxidation sites excluding steroid dienone is 1. The number of Topliss-reactive ketones (excluding diaryl/α,β-unsaturated/α-hetero) is 1. The molecule has 12 nitrogen and oxygen atoms in total. The molecule has 2 fully saturated rings. The molecule has 1 aliphatic carbocycles. The lowest BCUT2D eigenvalue weighted by atomic mass is 9.98. The number of pyridine rings is 1. The van der Waals surface area contributed by atoms with Crippen molar-refractivity contribution in [1.82, 2.24) is 29.6 Å². The molecular weight excluding hydrogens is 726 g/mol. The van der Waals surface area contributed by atoms with Crippen LogP contribution in [-0.2, 0) is 27.5 Å². The number of piperidine rings is 1. The number of fused-ring (bicyclic) bond motifs is 13. The maximum absolute atomic E-state index is 14.4. The molecule has 3 aromatic heterocycles. The van der Waals surface area contributed by atoms with Crippen molar-refractivity contribution in [2.45, 2.75) is 85.5 Å². The zero-order valence-corrected chi connectivity index (χ0v) is 31.8. The molecule has 3 unspecified atom stereocenters. The van der Waals surface area contributed by atoms with E-state index in [9.17, 15) is 14.4 Å². The van der Waals surface area contributed by atoms with Gasteiger partial charge in [0, 0.05) is 41.9 Å². The van der Waals surface area contributed by atoms with Gasteiger partial charge in [-0.1, -0.05) is 39.0 Å². The third-order valence-corrected chi connectivity index (χ3v) is 11.4. The monoisotopic (exact) mass is 769 g/mol. The molecule has 1 aromatic carbocycles. The highest BCUT2D eigenvalue weighted by Gasteiger charge is 2.70. The molecular formula is C39H44BrN7O5. The van der Waals surface area contributed by atoms with Crippen LogP contribution in [0.5, 0.6) is 6.01 Å². The van der Waals surface area contributed by atoms with Crippen molar-refractivity contribution >= 4 is 50.2 Å². The number of amides is 2. The Balaban J connectivity index is 1.24. The fourth-order valence-corrected chi connectivity index (χ4v) is 8.14. The van der Waals surface area contributed by atoms with Crippen molar-refractivity contribution in [3.8, 4) is 17.1 Å². The van der Waals surface area contributed by atoms with Crippen molar-refractivity contribution in [3.05, 3.63) is 70.2 Å². The summed E-state index contributed by atoms with van der Waals surface area (Å²) in [5.41, 5.74) is 3.82. The Bertz CT molecular complexity index is 2060. The van der Waals surface area contributed by atoms with Gasteiger partial charge in [0.15, 0.2) is 5.78 Å². The van der Waals surface area contributed by atoms with Crippen molar-refractivity contribution in [2.75, 3.05) is 18.5 Å². The average Bonchev–Trinajstić information content (AvgIpc) is 3.37. The van der Waals surface area contributed by atoms with E-state index in [1.807, 2.05) is 37.3 Å². The molecule has 272 valence electrons. The first kappa shape index (κ1) is 35.9. The molecule has 13 heteroatoms. The highest BCUT2D eigenvalue weighted by molar-refractivity contribution is 9.10. The van der Waals surface area contributed by atoms with E-state index < -0.39 is 6.04 Å². The lowest BCUT2D eigenvalue weighted by molar-refractivity contribution is -0.138. The zero-order valence-electron chi connectivity index (χ0n) is 30.2. The molecule has 52 heavy (non-hydrogen) atoms. The minimum Gasteiger partial charge on any atom is -0.463 e. The van der Waals surface area contributed by atoms with E-state index in [0.717, 1.165) is 41.5 Å². The largest absolute Gasteiger partial charge is 0.463 e. The number of nitrogens with one attached hydrogen (secondary N) is 1. The molecule has 4 aromatic rings. The molecule has 4 bridgehead atoms. The van der Waals surface area contributed by atoms with Gasteiger partial charge in [0.25, 0.3) is 0 Å². The van der Waals surface area contributed by atoms with E-state index in [1.165, 1.54) is 6.92 Å². The summed E-state index contributed by atoms with van der Waals surface area (Å²) in [7, 11) is 0. The van der Waals surface area contributed by atoms with Gasteiger partial charge >= 0.3 is 6.01 Å². The number of hydrogen-bond donors (Lipinski definition) is 1. The fraction of sp³-hybridized carbons (Fsp3) is 0.462. The number of ketones is 1. The van der Waals surface area contributed by atoms with Gasteiger partial charge in [-0.15, -0.1) is 0 Å². The first-order valence-corrected chi connectivity index (χ1v) is 18.7. The Morgan fingerprint density at radius 3 is 2.65 bits per heavy atom. The summed E-state index contributed by atoms with van der Waals surface area (Å²) in [6.07, 6.45) is 11.1. The van der Waals surface area contributed by atoms with Crippen LogP contribution in [0.15, 0.2) is 53.4 Å². The average molecular weight is 771 g/mol. The summed E-state index contributed by atoms with van der Waals surface area (Å²) in [6.45, 7) is 10.8. The van der Waals surface area contributed by atoms with E-state index in [0.29, 0.717) is 52.9 Å². The number of carbonyl (C=O) groups excluding carboxylic acids is 3. The SMILES string of the molecule is CC(=O)c1nn(CC(=O)N2C3C(C)[C@]3(C)C[C@H]2C(=O)Nc2nc(Br)ccc2C)c2c3cc(cc12)-c1cnc(nc1)OCC(C)CCC/C=C/COC3. The van der Waals surface area contributed by atoms with Crippen LogP contribution < -0.4 is 10.1 Å². The number of benzene rings is 1. The number of halogens is 1. The second kappa shape index (κ2) is 14.5. The van der Waals surface area contributed by atoms with E-state index in [2.05, 4.69) is 63.0 Å². The Kier molecular flexibility index (Phi) is 10.0. The van der Waals surface area contributed by atoms with Gasteiger partial charge in [0.05, 0.1) is 25.3 Å². The Morgan fingerprint density at radius 2 is 1.88 bits per heavy atom. The number of anilines is 1. The smallest absolute Gasteiger partial charge is 0.316 e. The number of aryl methyl sites for hydroxylation is 1. The predicted octanol–water partition coefficient (Wildman–Crippen LogP) is 6.70. The lowest BCUT2D eigenvalue weighted by Crippen LogP contribution is -2.47. The minimum atomic E-state index is -0.676. The van der Waals surface area contributed by atoms with E-state index in [4.69, 9.17) is 14.6 Å². The van der Waals surface area contributed by atoms with Gasteiger partial charge in [-0.05, 0) is 95.1 Å². The van der Waals surface area contributed by atoms with Crippen LogP contribution in [0.2, 0.25) is 0 Å². The van der Waals surface area contributed by atoms with Gasteiger partial charge < -0.3 is 19.7 Å². The van der Waals surface area contributed by atoms with Gasteiger partial charge in [-0.2, -0.15) is 5.10 Å². The maximum atomic E-state index is 14.4. The quantitative estimate of drug-likeness (QED) is 0.133. The number of nitrogens with zero attached hydrogens (tertiary/aromatic N) is 6. The number of aromatic nitrogens is 5. The normalized spacial score (nSPS) is 25.2. The summed E-state index contributed by atoms with van der Waals surface area (Å²) in [5.74, 6) is 0.318. The molecule has 0 spiro atoms. The Labute approximate surface area is 311 Å². The van der Waals surface area contributed by atoms with Crippen LogP contribution in [0.25, 0.3) is 22.0 Å². The van der Waals surface area contributed by atoms with Crippen LogP contribution in [0.1, 0.15) is 75.0 Å². The molecule has 6 heterocycles. The van der Waals surface area contributed by atoms with E-state index >= 15 is 0 Å². The highest BCUT2D eigenvalue weighted by Crippen LogP contribution is 2.64. The number of hydrogen-bond acceptors (Lipinski definition) is 9. The van der Waals surface area contributed by atoms with Crippen LogP contribution >= 0.6 is 15.9 Å². The summed E-state index contributed by atoms with van der Waals surface area (Å²) in [4.78, 5) is 56.4. The molecule has 8 rings (SSSR count). The second-order valence-corrected chi connectivity index (χ2v) is 15.5. The van der Waals surface area contributed by atoms with E-state index in [-0.39, 0.29) is 53.8 Å². The van der Waals surface area contributed by atoms with Crippen LogP contribution in [-0.4, -0.2) is 72.5 Å². The van der Waals surface area contributed by atoms with Crippen LogP contribution in [0, 0.1) is 24.2 Å². The zero-order chi connectivity index (χ0) is 36.7. The Hall–Kier alpha value is -4.49. The van der Waals surface area contributed by atoms with Crippen molar-refractivity contribution in [3.63, 3.8) is 0 Å². The molecule has 1 N–H and O–H groups in total. The van der Waals surface area contributed by atoms with Crippen molar-refractivity contribution in [2.24, 2.45) is 17.3 Å². The van der Waals surface area contributed by atoms with Gasteiger partial charge in [-0.25, -0.2) is 15.0 Å². The molecule has 1 saturated carbocycles. The second-order valence-electron chi connectivity index (χ2n) is 14.7.